The summed E-state index contributed by atoms with van der Waals surface area (Å²) in [5.74, 6) is -0.00116. The Morgan fingerprint density at radius 2 is 2.14 bits per heavy atom. The molecular formula is C15H19F3N2O2. The third kappa shape index (κ3) is 3.91. The van der Waals surface area contributed by atoms with Gasteiger partial charge in [-0.2, -0.15) is 13.2 Å². The van der Waals surface area contributed by atoms with Crippen LogP contribution in [0.25, 0.3) is 0 Å². The summed E-state index contributed by atoms with van der Waals surface area (Å²) in [6, 6.07) is 4.59. The Kier molecular flexibility index (Phi) is 4.95. The number of hydrogen-bond acceptors (Lipinski definition) is 3. The number of amides is 1. The summed E-state index contributed by atoms with van der Waals surface area (Å²) in [5.41, 5.74) is 6.34. The van der Waals surface area contributed by atoms with Gasteiger partial charge in [0.1, 0.15) is 11.8 Å². The van der Waals surface area contributed by atoms with E-state index in [0.717, 1.165) is 4.90 Å². The Morgan fingerprint density at radius 1 is 1.41 bits per heavy atom. The number of nitrogens with two attached hydrogens (primary N) is 1. The Balaban J connectivity index is 2.14. The van der Waals surface area contributed by atoms with Gasteiger partial charge in [0.25, 0.3) is 0 Å². The van der Waals surface area contributed by atoms with E-state index in [4.69, 9.17) is 10.5 Å². The standard InChI is InChI=1S/C15H19F3N2O2/c1-22-12-4-2-3-10(7-12)8-14(21)20-9-11(19)5-6-13(20)15(16,17)18/h2-4,7,11,13H,5-6,8-9,19H2,1H3/t11-,13+/m0/s1. The summed E-state index contributed by atoms with van der Waals surface area (Å²) in [6.45, 7) is -0.0625. The molecule has 1 saturated heterocycles. The SMILES string of the molecule is COc1cccc(CC(=O)N2C[C@@H](N)CC[C@@H]2C(F)(F)F)c1. The van der Waals surface area contributed by atoms with Crippen LogP contribution in [-0.2, 0) is 11.2 Å². The van der Waals surface area contributed by atoms with Crippen molar-refractivity contribution < 1.29 is 22.7 Å². The lowest BCUT2D eigenvalue weighted by Gasteiger charge is -2.39. The summed E-state index contributed by atoms with van der Waals surface area (Å²) in [4.78, 5) is 13.2. The molecule has 0 unspecified atom stereocenters. The van der Waals surface area contributed by atoms with Crippen molar-refractivity contribution >= 4 is 5.91 Å². The maximum absolute atomic E-state index is 13.1. The van der Waals surface area contributed by atoms with Crippen LogP contribution in [0.15, 0.2) is 24.3 Å². The Bertz CT molecular complexity index is 534. The Labute approximate surface area is 127 Å². The first-order valence-corrected chi connectivity index (χ1v) is 7.06. The summed E-state index contributed by atoms with van der Waals surface area (Å²) >= 11 is 0. The van der Waals surface area contributed by atoms with Gasteiger partial charge in [-0.05, 0) is 30.5 Å². The van der Waals surface area contributed by atoms with Gasteiger partial charge in [-0.25, -0.2) is 0 Å². The number of ether oxygens (including phenoxy) is 1. The van der Waals surface area contributed by atoms with E-state index in [1.807, 2.05) is 0 Å². The minimum absolute atomic E-state index is 0.0625. The van der Waals surface area contributed by atoms with E-state index in [1.165, 1.54) is 7.11 Å². The number of nitrogens with zero attached hydrogens (tertiary/aromatic N) is 1. The molecule has 0 radical (unpaired) electrons. The van der Waals surface area contributed by atoms with E-state index in [9.17, 15) is 18.0 Å². The largest absolute Gasteiger partial charge is 0.497 e. The first-order chi connectivity index (χ1) is 10.3. The molecule has 0 spiro atoms. The monoisotopic (exact) mass is 316 g/mol. The molecule has 1 aromatic carbocycles. The molecule has 1 aliphatic heterocycles. The molecule has 7 heteroatoms. The van der Waals surface area contributed by atoms with E-state index in [0.29, 0.717) is 11.3 Å². The third-order valence-electron chi connectivity index (χ3n) is 3.81. The second-order valence-electron chi connectivity index (χ2n) is 5.47. The van der Waals surface area contributed by atoms with E-state index < -0.39 is 24.2 Å². The number of alkyl halides is 3. The van der Waals surface area contributed by atoms with Gasteiger partial charge in [-0.15, -0.1) is 0 Å². The fourth-order valence-corrected chi connectivity index (χ4v) is 2.67. The number of carbonyl (C=O) groups is 1. The number of piperidine rings is 1. The third-order valence-corrected chi connectivity index (χ3v) is 3.81. The molecule has 22 heavy (non-hydrogen) atoms. The van der Waals surface area contributed by atoms with Crippen LogP contribution in [0.1, 0.15) is 18.4 Å². The fourth-order valence-electron chi connectivity index (χ4n) is 2.67. The number of halogens is 3. The van der Waals surface area contributed by atoms with Crippen molar-refractivity contribution in [3.63, 3.8) is 0 Å². The van der Waals surface area contributed by atoms with E-state index in [-0.39, 0.29) is 25.8 Å². The van der Waals surface area contributed by atoms with Crippen molar-refractivity contribution in [3.8, 4) is 5.75 Å². The van der Waals surface area contributed by atoms with Crippen molar-refractivity contribution in [2.75, 3.05) is 13.7 Å². The minimum Gasteiger partial charge on any atom is -0.497 e. The van der Waals surface area contributed by atoms with E-state index in [2.05, 4.69) is 0 Å². The van der Waals surface area contributed by atoms with Crippen LogP contribution in [0.5, 0.6) is 5.75 Å². The maximum atomic E-state index is 13.1. The zero-order valence-corrected chi connectivity index (χ0v) is 12.3. The zero-order valence-electron chi connectivity index (χ0n) is 12.3. The highest BCUT2D eigenvalue weighted by atomic mass is 19.4. The van der Waals surface area contributed by atoms with Gasteiger partial charge in [0.05, 0.1) is 13.5 Å². The van der Waals surface area contributed by atoms with Crippen molar-refractivity contribution in [2.24, 2.45) is 5.73 Å². The van der Waals surface area contributed by atoms with Crippen molar-refractivity contribution in [1.82, 2.24) is 4.90 Å². The fraction of sp³-hybridized carbons (Fsp3) is 0.533. The van der Waals surface area contributed by atoms with Crippen LogP contribution >= 0.6 is 0 Å². The average molecular weight is 316 g/mol. The maximum Gasteiger partial charge on any atom is 0.408 e. The lowest BCUT2D eigenvalue weighted by Crippen LogP contribution is -2.57. The molecule has 0 aliphatic carbocycles. The minimum atomic E-state index is -4.43. The van der Waals surface area contributed by atoms with Crippen LogP contribution < -0.4 is 10.5 Å². The average Bonchev–Trinajstić information content (AvgIpc) is 2.46. The number of hydrogen-bond donors (Lipinski definition) is 1. The molecule has 0 bridgehead atoms. The normalized spacial score (nSPS) is 22.5. The molecule has 1 aliphatic rings. The van der Waals surface area contributed by atoms with Gasteiger partial charge in [-0.1, -0.05) is 12.1 Å². The summed E-state index contributed by atoms with van der Waals surface area (Å²) < 4.78 is 44.3. The number of likely N-dealkylation sites (tertiary alicyclic amines) is 1. The van der Waals surface area contributed by atoms with Crippen molar-refractivity contribution in [2.45, 2.75) is 37.5 Å². The predicted octanol–water partition coefficient (Wildman–Crippen LogP) is 2.12. The first-order valence-electron chi connectivity index (χ1n) is 7.06. The van der Waals surface area contributed by atoms with Crippen LogP contribution in [0, 0.1) is 0 Å². The second kappa shape index (κ2) is 6.56. The van der Waals surface area contributed by atoms with E-state index in [1.54, 1.807) is 24.3 Å². The van der Waals surface area contributed by atoms with Gasteiger partial charge < -0.3 is 15.4 Å². The molecule has 1 fully saturated rings. The molecule has 1 aromatic rings. The molecule has 1 heterocycles. The summed E-state index contributed by atoms with van der Waals surface area (Å²) in [7, 11) is 1.49. The topological polar surface area (TPSA) is 55.6 Å². The Morgan fingerprint density at radius 3 is 2.77 bits per heavy atom. The molecule has 2 atom stereocenters. The number of methoxy groups -OCH3 is 1. The Hall–Kier alpha value is -1.76. The van der Waals surface area contributed by atoms with Crippen molar-refractivity contribution in [3.05, 3.63) is 29.8 Å². The molecule has 0 saturated carbocycles. The summed E-state index contributed by atoms with van der Waals surface area (Å²) in [6.07, 6.45) is -4.40. The lowest BCUT2D eigenvalue weighted by molar-refractivity contribution is -0.196. The zero-order chi connectivity index (χ0) is 16.3. The summed E-state index contributed by atoms with van der Waals surface area (Å²) in [5, 5.41) is 0. The van der Waals surface area contributed by atoms with Crippen molar-refractivity contribution in [1.29, 1.82) is 0 Å². The smallest absolute Gasteiger partial charge is 0.408 e. The lowest BCUT2D eigenvalue weighted by atomic mass is 9.97. The highest BCUT2D eigenvalue weighted by molar-refractivity contribution is 5.79. The first kappa shape index (κ1) is 16.6. The van der Waals surface area contributed by atoms with Gasteiger partial charge in [0.15, 0.2) is 0 Å². The van der Waals surface area contributed by atoms with Crippen LogP contribution in [0.3, 0.4) is 0 Å². The van der Waals surface area contributed by atoms with E-state index >= 15 is 0 Å². The molecule has 4 nitrogen and oxygen atoms in total. The van der Waals surface area contributed by atoms with Crippen LogP contribution in [0.2, 0.25) is 0 Å². The predicted molar refractivity (Wildman–Crippen MR) is 75.5 cm³/mol. The van der Waals surface area contributed by atoms with Gasteiger partial charge in [-0.3, -0.25) is 4.79 Å². The van der Waals surface area contributed by atoms with Crippen LogP contribution in [-0.4, -0.2) is 42.7 Å². The molecule has 2 rings (SSSR count). The highest BCUT2D eigenvalue weighted by Gasteiger charge is 2.47. The molecule has 2 N–H and O–H groups in total. The number of rotatable bonds is 3. The highest BCUT2D eigenvalue weighted by Crippen LogP contribution is 2.32. The van der Waals surface area contributed by atoms with Gasteiger partial charge in [0.2, 0.25) is 5.91 Å². The number of carbonyl (C=O) groups excluding carboxylic acids is 1. The quantitative estimate of drug-likeness (QED) is 0.929. The molecule has 0 aromatic heterocycles. The number of benzene rings is 1. The van der Waals surface area contributed by atoms with Gasteiger partial charge in [0, 0.05) is 12.6 Å². The molecular weight excluding hydrogens is 297 g/mol. The molecule has 122 valence electrons. The van der Waals surface area contributed by atoms with Gasteiger partial charge >= 0.3 is 6.18 Å². The van der Waals surface area contributed by atoms with Crippen LogP contribution in [0.4, 0.5) is 13.2 Å². The molecule has 1 amide bonds. The second-order valence-corrected chi connectivity index (χ2v) is 5.47.